The maximum absolute atomic E-state index is 6.15. The van der Waals surface area contributed by atoms with Crippen molar-refractivity contribution in [3.8, 4) is 0 Å². The fraction of sp³-hybridized carbons (Fsp3) is 1.00. The van der Waals surface area contributed by atoms with Crippen molar-refractivity contribution in [3.63, 3.8) is 0 Å². The Balaban J connectivity index is 2.02. The standard InChI is InChI=1S/C14H29N3/c1-3-13-5-6-14(11-13,12-15)17-8-4-7-16(2)9-10-17/h13H,3-12,15H2,1-2H3. The van der Waals surface area contributed by atoms with Gasteiger partial charge in [0, 0.05) is 31.7 Å². The summed E-state index contributed by atoms with van der Waals surface area (Å²) in [6, 6.07) is 0. The predicted molar refractivity (Wildman–Crippen MR) is 73.1 cm³/mol. The zero-order valence-corrected chi connectivity index (χ0v) is 11.6. The van der Waals surface area contributed by atoms with E-state index < -0.39 is 0 Å². The first kappa shape index (κ1) is 13.3. The van der Waals surface area contributed by atoms with Crippen molar-refractivity contribution in [1.29, 1.82) is 0 Å². The highest BCUT2D eigenvalue weighted by Gasteiger charge is 2.42. The van der Waals surface area contributed by atoms with Crippen molar-refractivity contribution < 1.29 is 0 Å². The van der Waals surface area contributed by atoms with Crippen LogP contribution in [-0.4, -0.2) is 55.1 Å². The molecule has 0 radical (unpaired) electrons. The minimum Gasteiger partial charge on any atom is -0.329 e. The van der Waals surface area contributed by atoms with Crippen LogP contribution in [0.4, 0.5) is 0 Å². The summed E-state index contributed by atoms with van der Waals surface area (Å²) in [5.41, 5.74) is 6.49. The number of rotatable bonds is 3. The van der Waals surface area contributed by atoms with E-state index in [0.29, 0.717) is 5.54 Å². The molecule has 100 valence electrons. The van der Waals surface area contributed by atoms with Gasteiger partial charge in [0.05, 0.1) is 0 Å². The normalized spacial score (nSPS) is 37.2. The molecule has 17 heavy (non-hydrogen) atoms. The molecule has 1 saturated carbocycles. The first-order chi connectivity index (χ1) is 8.20. The van der Waals surface area contributed by atoms with E-state index in [0.717, 1.165) is 12.5 Å². The SMILES string of the molecule is CCC1CCC(CN)(N2CCCN(C)CC2)C1. The van der Waals surface area contributed by atoms with Crippen LogP contribution in [0.2, 0.25) is 0 Å². The van der Waals surface area contributed by atoms with E-state index in [4.69, 9.17) is 5.73 Å². The summed E-state index contributed by atoms with van der Waals surface area (Å²) in [5, 5.41) is 0. The van der Waals surface area contributed by atoms with Gasteiger partial charge < -0.3 is 10.6 Å². The third kappa shape index (κ3) is 2.83. The fourth-order valence-electron chi connectivity index (χ4n) is 3.69. The molecule has 0 bridgehead atoms. The van der Waals surface area contributed by atoms with Crippen molar-refractivity contribution in [2.75, 3.05) is 39.8 Å². The molecule has 2 rings (SSSR count). The maximum atomic E-state index is 6.15. The van der Waals surface area contributed by atoms with Gasteiger partial charge in [-0.25, -0.2) is 0 Å². The van der Waals surface area contributed by atoms with E-state index in [1.165, 1.54) is 58.3 Å². The molecule has 2 fully saturated rings. The molecule has 2 unspecified atom stereocenters. The van der Waals surface area contributed by atoms with Crippen molar-refractivity contribution in [3.05, 3.63) is 0 Å². The average molecular weight is 239 g/mol. The molecule has 0 aromatic rings. The highest BCUT2D eigenvalue weighted by atomic mass is 15.3. The van der Waals surface area contributed by atoms with Gasteiger partial charge in [0.15, 0.2) is 0 Å². The molecule has 1 aliphatic heterocycles. The van der Waals surface area contributed by atoms with Crippen LogP contribution in [0, 0.1) is 5.92 Å². The highest BCUT2D eigenvalue weighted by molar-refractivity contribution is 4.99. The Labute approximate surface area is 106 Å². The smallest absolute Gasteiger partial charge is 0.0335 e. The lowest BCUT2D eigenvalue weighted by Gasteiger charge is -2.40. The first-order valence-corrected chi connectivity index (χ1v) is 7.34. The lowest BCUT2D eigenvalue weighted by molar-refractivity contribution is 0.0995. The van der Waals surface area contributed by atoms with Gasteiger partial charge in [0.2, 0.25) is 0 Å². The first-order valence-electron chi connectivity index (χ1n) is 7.34. The molecule has 2 aliphatic rings. The van der Waals surface area contributed by atoms with Gasteiger partial charge in [0.25, 0.3) is 0 Å². The molecule has 0 amide bonds. The number of nitrogens with two attached hydrogens (primary N) is 1. The van der Waals surface area contributed by atoms with Crippen LogP contribution in [-0.2, 0) is 0 Å². The molecule has 2 atom stereocenters. The largest absolute Gasteiger partial charge is 0.329 e. The molecule has 0 spiro atoms. The summed E-state index contributed by atoms with van der Waals surface area (Å²) in [6.45, 7) is 8.09. The van der Waals surface area contributed by atoms with Gasteiger partial charge in [-0.3, -0.25) is 4.90 Å². The second-order valence-electron chi connectivity index (χ2n) is 6.09. The van der Waals surface area contributed by atoms with Crippen LogP contribution in [0.1, 0.15) is 39.0 Å². The third-order valence-electron chi connectivity index (χ3n) is 5.03. The quantitative estimate of drug-likeness (QED) is 0.811. The molecule has 1 heterocycles. The van der Waals surface area contributed by atoms with Crippen molar-refractivity contribution in [2.24, 2.45) is 11.7 Å². The molecule has 2 N–H and O–H groups in total. The minimum absolute atomic E-state index is 0.339. The van der Waals surface area contributed by atoms with E-state index in [2.05, 4.69) is 23.8 Å². The Hall–Kier alpha value is -0.120. The Morgan fingerprint density at radius 1 is 1.24 bits per heavy atom. The number of hydrogen-bond donors (Lipinski definition) is 1. The van der Waals surface area contributed by atoms with Gasteiger partial charge in [-0.05, 0) is 45.2 Å². The zero-order chi connectivity index (χ0) is 12.3. The van der Waals surface area contributed by atoms with Crippen LogP contribution in [0.5, 0.6) is 0 Å². The third-order valence-corrected chi connectivity index (χ3v) is 5.03. The fourth-order valence-corrected chi connectivity index (χ4v) is 3.69. The summed E-state index contributed by atoms with van der Waals surface area (Å²) < 4.78 is 0. The van der Waals surface area contributed by atoms with Crippen molar-refractivity contribution >= 4 is 0 Å². The molecular formula is C14H29N3. The highest BCUT2D eigenvalue weighted by Crippen LogP contribution is 2.40. The van der Waals surface area contributed by atoms with Crippen LogP contribution >= 0.6 is 0 Å². The summed E-state index contributed by atoms with van der Waals surface area (Å²) >= 11 is 0. The number of nitrogens with zero attached hydrogens (tertiary/aromatic N) is 2. The van der Waals surface area contributed by atoms with E-state index in [9.17, 15) is 0 Å². The zero-order valence-electron chi connectivity index (χ0n) is 11.6. The summed E-state index contributed by atoms with van der Waals surface area (Å²) in [6.07, 6.45) is 6.68. The summed E-state index contributed by atoms with van der Waals surface area (Å²) in [7, 11) is 2.24. The van der Waals surface area contributed by atoms with E-state index in [1.807, 2.05) is 0 Å². The van der Waals surface area contributed by atoms with E-state index >= 15 is 0 Å². The van der Waals surface area contributed by atoms with Gasteiger partial charge in [0.1, 0.15) is 0 Å². The van der Waals surface area contributed by atoms with Crippen molar-refractivity contribution in [2.45, 2.75) is 44.6 Å². The van der Waals surface area contributed by atoms with Gasteiger partial charge in [-0.15, -0.1) is 0 Å². The van der Waals surface area contributed by atoms with Gasteiger partial charge in [-0.2, -0.15) is 0 Å². The Morgan fingerprint density at radius 2 is 2.06 bits per heavy atom. The molecule has 0 aromatic heterocycles. The second-order valence-corrected chi connectivity index (χ2v) is 6.09. The second kappa shape index (κ2) is 5.68. The Morgan fingerprint density at radius 3 is 2.71 bits per heavy atom. The van der Waals surface area contributed by atoms with Gasteiger partial charge >= 0.3 is 0 Å². The number of likely N-dealkylation sites (N-methyl/N-ethyl adjacent to an activating group) is 1. The van der Waals surface area contributed by atoms with Crippen LogP contribution < -0.4 is 5.73 Å². The van der Waals surface area contributed by atoms with Crippen LogP contribution in [0.25, 0.3) is 0 Å². The number of hydrogen-bond acceptors (Lipinski definition) is 3. The lowest BCUT2D eigenvalue weighted by atomic mass is 9.92. The molecule has 3 nitrogen and oxygen atoms in total. The molecule has 1 aliphatic carbocycles. The molecular weight excluding hydrogens is 210 g/mol. The van der Waals surface area contributed by atoms with Crippen LogP contribution in [0.3, 0.4) is 0 Å². The summed E-state index contributed by atoms with van der Waals surface area (Å²) in [5.74, 6) is 0.916. The van der Waals surface area contributed by atoms with Crippen LogP contribution in [0.15, 0.2) is 0 Å². The monoisotopic (exact) mass is 239 g/mol. The average Bonchev–Trinajstić information content (AvgIpc) is 2.66. The van der Waals surface area contributed by atoms with Crippen molar-refractivity contribution in [1.82, 2.24) is 9.80 Å². The molecule has 3 heteroatoms. The van der Waals surface area contributed by atoms with E-state index in [-0.39, 0.29) is 0 Å². The Bertz CT molecular complexity index is 244. The maximum Gasteiger partial charge on any atom is 0.0335 e. The topological polar surface area (TPSA) is 32.5 Å². The predicted octanol–water partition coefficient (Wildman–Crippen LogP) is 1.53. The lowest BCUT2D eigenvalue weighted by Crippen LogP contribution is -2.53. The Kier molecular flexibility index (Phi) is 4.45. The summed E-state index contributed by atoms with van der Waals surface area (Å²) in [4.78, 5) is 5.17. The van der Waals surface area contributed by atoms with E-state index in [1.54, 1.807) is 0 Å². The van der Waals surface area contributed by atoms with Gasteiger partial charge in [-0.1, -0.05) is 13.3 Å². The molecule has 1 saturated heterocycles. The minimum atomic E-state index is 0.339. The molecule has 0 aromatic carbocycles.